The Bertz CT molecular complexity index is 1090. The summed E-state index contributed by atoms with van der Waals surface area (Å²) in [5.74, 6) is 0.0260. The van der Waals surface area contributed by atoms with E-state index in [2.05, 4.69) is 9.88 Å². The SMILES string of the molecule is O=C(c1ccc2c(=O)n(CC3CCCO3)c(=S)[nH]c2c1)N1CCN(C2CCCCC2)CC1. The highest BCUT2D eigenvalue weighted by Gasteiger charge is 2.27. The number of carbonyl (C=O) groups is 1. The molecule has 172 valence electrons. The van der Waals surface area contributed by atoms with Crippen LogP contribution in [0.15, 0.2) is 23.0 Å². The molecule has 1 unspecified atom stereocenters. The van der Waals surface area contributed by atoms with Crippen LogP contribution in [0.4, 0.5) is 0 Å². The largest absolute Gasteiger partial charge is 0.376 e. The highest BCUT2D eigenvalue weighted by molar-refractivity contribution is 7.71. The quantitative estimate of drug-likeness (QED) is 0.715. The molecule has 3 aliphatic rings. The number of aromatic amines is 1. The van der Waals surface area contributed by atoms with Crippen molar-refractivity contribution in [2.24, 2.45) is 0 Å². The van der Waals surface area contributed by atoms with Gasteiger partial charge in [-0.1, -0.05) is 19.3 Å². The highest BCUT2D eigenvalue weighted by atomic mass is 32.1. The fourth-order valence-electron chi connectivity index (χ4n) is 5.46. The molecule has 1 aliphatic carbocycles. The minimum atomic E-state index is -0.126. The van der Waals surface area contributed by atoms with Crippen molar-refractivity contribution in [2.75, 3.05) is 32.8 Å². The molecule has 1 N–H and O–H groups in total. The van der Waals surface area contributed by atoms with E-state index < -0.39 is 0 Å². The van der Waals surface area contributed by atoms with Crippen LogP contribution < -0.4 is 5.56 Å². The summed E-state index contributed by atoms with van der Waals surface area (Å²) < 4.78 is 7.63. The van der Waals surface area contributed by atoms with Crippen LogP contribution in [-0.4, -0.2) is 70.2 Å². The first kappa shape index (κ1) is 21.8. The van der Waals surface area contributed by atoms with Crippen LogP contribution in [-0.2, 0) is 11.3 Å². The van der Waals surface area contributed by atoms with E-state index in [1.165, 1.54) is 32.1 Å². The predicted octanol–water partition coefficient (Wildman–Crippen LogP) is 3.33. The number of fused-ring (bicyclic) bond motifs is 1. The van der Waals surface area contributed by atoms with Gasteiger partial charge in [0.05, 0.1) is 23.6 Å². The van der Waals surface area contributed by atoms with E-state index in [0.717, 1.165) is 45.6 Å². The van der Waals surface area contributed by atoms with Gasteiger partial charge in [0.25, 0.3) is 11.5 Å². The highest BCUT2D eigenvalue weighted by Crippen LogP contribution is 2.24. The first-order valence-electron chi connectivity index (χ1n) is 12.0. The van der Waals surface area contributed by atoms with Gasteiger partial charge in [-0.15, -0.1) is 0 Å². The van der Waals surface area contributed by atoms with Gasteiger partial charge < -0.3 is 14.6 Å². The molecule has 7 nitrogen and oxygen atoms in total. The van der Waals surface area contributed by atoms with Crippen LogP contribution in [0, 0.1) is 4.77 Å². The smallest absolute Gasteiger partial charge is 0.262 e. The topological polar surface area (TPSA) is 70.6 Å². The molecule has 0 spiro atoms. The maximum Gasteiger partial charge on any atom is 0.262 e. The molecule has 3 fully saturated rings. The van der Waals surface area contributed by atoms with E-state index in [-0.39, 0.29) is 17.6 Å². The number of nitrogens with one attached hydrogen (secondary N) is 1. The fraction of sp³-hybridized carbons (Fsp3) is 0.625. The first-order chi connectivity index (χ1) is 15.6. The lowest BCUT2D eigenvalue weighted by Crippen LogP contribution is -2.52. The molecule has 1 amide bonds. The summed E-state index contributed by atoms with van der Waals surface area (Å²) in [4.78, 5) is 33.9. The minimum Gasteiger partial charge on any atom is -0.376 e. The Morgan fingerprint density at radius 1 is 1.06 bits per heavy atom. The van der Waals surface area contributed by atoms with Crippen molar-refractivity contribution < 1.29 is 9.53 Å². The Labute approximate surface area is 193 Å². The summed E-state index contributed by atoms with van der Waals surface area (Å²) in [6.07, 6.45) is 8.61. The fourth-order valence-corrected chi connectivity index (χ4v) is 5.73. The van der Waals surface area contributed by atoms with Gasteiger partial charge in [0.2, 0.25) is 0 Å². The molecule has 8 heteroatoms. The third kappa shape index (κ3) is 4.40. The van der Waals surface area contributed by atoms with Gasteiger partial charge in [-0.25, -0.2) is 0 Å². The number of nitrogens with zero attached hydrogens (tertiary/aromatic N) is 3. The molecule has 2 saturated heterocycles. The number of H-pyrrole nitrogens is 1. The molecule has 1 aromatic carbocycles. The van der Waals surface area contributed by atoms with Crippen LogP contribution >= 0.6 is 12.2 Å². The number of aromatic nitrogens is 2. The van der Waals surface area contributed by atoms with E-state index in [1.54, 1.807) is 22.8 Å². The van der Waals surface area contributed by atoms with E-state index in [1.807, 2.05) is 4.90 Å². The Morgan fingerprint density at radius 3 is 2.56 bits per heavy atom. The average molecular weight is 457 g/mol. The number of hydrogen-bond donors (Lipinski definition) is 1. The molecular formula is C24H32N4O3S. The van der Waals surface area contributed by atoms with E-state index in [0.29, 0.717) is 33.8 Å². The van der Waals surface area contributed by atoms with Crippen molar-refractivity contribution in [2.45, 2.75) is 63.6 Å². The molecular weight excluding hydrogens is 424 g/mol. The van der Waals surface area contributed by atoms with Gasteiger partial charge in [-0.3, -0.25) is 19.1 Å². The molecule has 1 atom stereocenters. The number of piperazine rings is 1. The third-order valence-electron chi connectivity index (χ3n) is 7.33. The maximum absolute atomic E-state index is 13.2. The molecule has 1 saturated carbocycles. The zero-order valence-corrected chi connectivity index (χ0v) is 19.4. The number of hydrogen-bond acceptors (Lipinski definition) is 5. The van der Waals surface area contributed by atoms with Crippen molar-refractivity contribution in [1.82, 2.24) is 19.4 Å². The van der Waals surface area contributed by atoms with Crippen molar-refractivity contribution in [3.63, 3.8) is 0 Å². The van der Waals surface area contributed by atoms with Crippen molar-refractivity contribution >= 4 is 29.0 Å². The summed E-state index contributed by atoms with van der Waals surface area (Å²) in [7, 11) is 0. The number of carbonyl (C=O) groups excluding carboxylic acids is 1. The zero-order valence-electron chi connectivity index (χ0n) is 18.6. The van der Waals surface area contributed by atoms with Crippen molar-refractivity contribution in [3.05, 3.63) is 38.9 Å². The molecule has 0 radical (unpaired) electrons. The van der Waals surface area contributed by atoms with Gasteiger partial charge in [-0.2, -0.15) is 0 Å². The zero-order chi connectivity index (χ0) is 22.1. The monoisotopic (exact) mass is 456 g/mol. The lowest BCUT2D eigenvalue weighted by atomic mass is 9.94. The number of rotatable bonds is 4. The Morgan fingerprint density at radius 2 is 1.84 bits per heavy atom. The summed E-state index contributed by atoms with van der Waals surface area (Å²) in [5, 5.41) is 0.551. The number of amides is 1. The van der Waals surface area contributed by atoms with Crippen LogP contribution in [0.3, 0.4) is 0 Å². The Balaban J connectivity index is 1.30. The van der Waals surface area contributed by atoms with E-state index in [9.17, 15) is 9.59 Å². The molecule has 5 rings (SSSR count). The first-order valence-corrected chi connectivity index (χ1v) is 12.4. The second-order valence-electron chi connectivity index (χ2n) is 9.36. The second kappa shape index (κ2) is 9.45. The lowest BCUT2D eigenvalue weighted by molar-refractivity contribution is 0.0523. The summed E-state index contributed by atoms with van der Waals surface area (Å²) in [6, 6.07) is 5.99. The number of benzene rings is 1. The minimum absolute atomic E-state index is 0.0260. The summed E-state index contributed by atoms with van der Waals surface area (Å²) in [5.41, 5.74) is 1.10. The normalized spacial score (nSPS) is 23.1. The van der Waals surface area contributed by atoms with Crippen LogP contribution in [0.5, 0.6) is 0 Å². The predicted molar refractivity (Wildman–Crippen MR) is 127 cm³/mol. The van der Waals surface area contributed by atoms with Crippen LogP contribution in [0.25, 0.3) is 10.9 Å². The molecule has 2 aromatic rings. The lowest BCUT2D eigenvalue weighted by Gasteiger charge is -2.40. The summed E-state index contributed by atoms with van der Waals surface area (Å²) >= 11 is 5.46. The maximum atomic E-state index is 13.2. The van der Waals surface area contributed by atoms with Gasteiger partial charge >= 0.3 is 0 Å². The molecule has 3 heterocycles. The van der Waals surface area contributed by atoms with E-state index in [4.69, 9.17) is 17.0 Å². The molecule has 1 aromatic heterocycles. The Kier molecular flexibility index (Phi) is 6.44. The molecule has 0 bridgehead atoms. The van der Waals surface area contributed by atoms with Crippen LogP contribution in [0.1, 0.15) is 55.3 Å². The van der Waals surface area contributed by atoms with Crippen molar-refractivity contribution in [1.29, 1.82) is 0 Å². The van der Waals surface area contributed by atoms with Crippen LogP contribution in [0.2, 0.25) is 0 Å². The average Bonchev–Trinajstić information content (AvgIpc) is 3.35. The van der Waals surface area contributed by atoms with Gasteiger partial charge in [0.1, 0.15) is 0 Å². The number of ether oxygens (including phenoxy) is 1. The van der Waals surface area contributed by atoms with Gasteiger partial charge in [-0.05, 0) is 56.1 Å². The molecule has 32 heavy (non-hydrogen) atoms. The standard InChI is InChI=1S/C24H32N4O3S/c29-22(27-12-10-26(11-13-27)18-5-2-1-3-6-18)17-8-9-20-21(15-17)25-24(32)28(23(20)30)16-19-7-4-14-31-19/h8-9,15,18-19H,1-7,10-14,16H2,(H,25,32). The third-order valence-corrected chi connectivity index (χ3v) is 7.65. The van der Waals surface area contributed by atoms with E-state index >= 15 is 0 Å². The van der Waals surface area contributed by atoms with Gasteiger partial charge in [0.15, 0.2) is 4.77 Å². The Hall–Kier alpha value is -2.03. The summed E-state index contributed by atoms with van der Waals surface area (Å²) in [6.45, 7) is 4.61. The second-order valence-corrected chi connectivity index (χ2v) is 9.75. The molecule has 2 aliphatic heterocycles. The van der Waals surface area contributed by atoms with Crippen molar-refractivity contribution in [3.8, 4) is 0 Å². The van der Waals surface area contributed by atoms with Gasteiger partial charge in [0, 0.05) is 44.4 Å².